The quantitative estimate of drug-likeness (QED) is 0.499. The lowest BCUT2D eigenvalue weighted by Gasteiger charge is -2.36. The van der Waals surface area contributed by atoms with Gasteiger partial charge in [-0.25, -0.2) is 10.2 Å². The second-order valence-electron chi connectivity index (χ2n) is 5.55. The number of hydrogen-bond donors (Lipinski definition) is 2. The first-order valence-corrected chi connectivity index (χ1v) is 7.09. The van der Waals surface area contributed by atoms with E-state index in [-0.39, 0.29) is 11.9 Å². The third-order valence-electron chi connectivity index (χ3n) is 4.11. The molecule has 1 heterocycles. The molecule has 0 saturated carbocycles. The molecule has 2 rings (SSSR count). The molecule has 0 radical (unpaired) electrons. The summed E-state index contributed by atoms with van der Waals surface area (Å²) in [6.45, 7) is 4.29. The molecule has 1 aromatic rings. The molecular weight excluding hydrogens is 273 g/mol. The summed E-state index contributed by atoms with van der Waals surface area (Å²) in [7, 11) is 1.71. The first-order chi connectivity index (χ1) is 10.0. The lowest BCUT2D eigenvalue weighted by molar-refractivity contribution is -0.00772. The van der Waals surface area contributed by atoms with E-state index in [9.17, 15) is 9.18 Å². The minimum Gasteiger partial charge on any atom is -0.380 e. The fourth-order valence-electron chi connectivity index (χ4n) is 2.71. The normalized spacial score (nSPS) is 23.0. The minimum absolute atomic E-state index is 0.164. The number of nitrogen functional groups attached to an aromatic ring is 1. The summed E-state index contributed by atoms with van der Waals surface area (Å²) in [6, 6.07) is 4.29. The molecule has 2 unspecified atom stereocenters. The van der Waals surface area contributed by atoms with Crippen LogP contribution in [0.1, 0.15) is 29.3 Å². The Labute approximate surface area is 124 Å². The number of carbonyl (C=O) groups is 1. The highest BCUT2D eigenvalue weighted by Gasteiger charge is 2.26. The molecule has 2 atom stereocenters. The molecule has 1 aliphatic rings. The summed E-state index contributed by atoms with van der Waals surface area (Å²) in [4.78, 5) is 13.7. The van der Waals surface area contributed by atoms with Gasteiger partial charge in [0.2, 0.25) is 0 Å². The van der Waals surface area contributed by atoms with Crippen molar-refractivity contribution in [1.29, 1.82) is 0 Å². The van der Waals surface area contributed by atoms with Crippen molar-refractivity contribution >= 4 is 5.91 Å². The zero-order chi connectivity index (χ0) is 15.4. The van der Waals surface area contributed by atoms with Crippen LogP contribution in [-0.2, 0) is 11.3 Å². The van der Waals surface area contributed by atoms with Crippen molar-refractivity contribution in [2.45, 2.75) is 26.0 Å². The van der Waals surface area contributed by atoms with Crippen LogP contribution in [0.2, 0.25) is 0 Å². The topological polar surface area (TPSA) is 67.6 Å². The van der Waals surface area contributed by atoms with Crippen molar-refractivity contribution in [3.63, 3.8) is 0 Å². The number of methoxy groups -OCH3 is 1. The van der Waals surface area contributed by atoms with Gasteiger partial charge in [0.05, 0.1) is 6.10 Å². The summed E-state index contributed by atoms with van der Waals surface area (Å²) in [6.07, 6.45) is 1.18. The smallest absolute Gasteiger partial charge is 0.265 e. The van der Waals surface area contributed by atoms with E-state index in [1.165, 1.54) is 12.1 Å². The van der Waals surface area contributed by atoms with E-state index in [0.717, 1.165) is 19.5 Å². The van der Waals surface area contributed by atoms with Gasteiger partial charge < -0.3 is 4.74 Å². The van der Waals surface area contributed by atoms with Gasteiger partial charge in [0.15, 0.2) is 0 Å². The Morgan fingerprint density at radius 1 is 1.57 bits per heavy atom. The van der Waals surface area contributed by atoms with Crippen molar-refractivity contribution in [2.75, 3.05) is 20.2 Å². The van der Waals surface area contributed by atoms with Crippen LogP contribution in [0.5, 0.6) is 0 Å². The standard InChI is InChI=1S/C15H22FN3O2/c1-10-5-6-19(9-14(10)21-2)8-12-7-11(15(20)18-17)3-4-13(12)16/h3-4,7,10,14H,5-6,8-9,17H2,1-2H3,(H,18,20). The van der Waals surface area contributed by atoms with E-state index >= 15 is 0 Å². The van der Waals surface area contributed by atoms with E-state index < -0.39 is 5.91 Å². The van der Waals surface area contributed by atoms with Crippen molar-refractivity contribution in [2.24, 2.45) is 11.8 Å². The third-order valence-corrected chi connectivity index (χ3v) is 4.11. The Morgan fingerprint density at radius 2 is 2.33 bits per heavy atom. The van der Waals surface area contributed by atoms with Gasteiger partial charge in [0, 0.05) is 31.3 Å². The molecule has 0 aromatic heterocycles. The largest absolute Gasteiger partial charge is 0.380 e. The molecule has 1 saturated heterocycles. The zero-order valence-electron chi connectivity index (χ0n) is 12.4. The fraction of sp³-hybridized carbons (Fsp3) is 0.533. The lowest BCUT2D eigenvalue weighted by atomic mass is 9.95. The molecule has 0 bridgehead atoms. The fourth-order valence-corrected chi connectivity index (χ4v) is 2.71. The molecule has 5 nitrogen and oxygen atoms in total. The summed E-state index contributed by atoms with van der Waals surface area (Å²) >= 11 is 0. The van der Waals surface area contributed by atoms with Crippen molar-refractivity contribution in [1.82, 2.24) is 10.3 Å². The first kappa shape index (κ1) is 15.9. The van der Waals surface area contributed by atoms with Crippen molar-refractivity contribution < 1.29 is 13.9 Å². The van der Waals surface area contributed by atoms with E-state index in [1.54, 1.807) is 13.2 Å². The Bertz CT molecular complexity index is 510. The Balaban J connectivity index is 2.10. The number of nitrogens with zero attached hydrogens (tertiary/aromatic N) is 1. The predicted octanol–water partition coefficient (Wildman–Crippen LogP) is 1.29. The maximum Gasteiger partial charge on any atom is 0.265 e. The Kier molecular flexibility index (Phi) is 5.27. The van der Waals surface area contributed by atoms with Gasteiger partial charge in [-0.15, -0.1) is 0 Å². The average Bonchev–Trinajstić information content (AvgIpc) is 2.50. The average molecular weight is 295 g/mol. The van der Waals surface area contributed by atoms with Gasteiger partial charge in [0.25, 0.3) is 5.91 Å². The van der Waals surface area contributed by atoms with E-state index in [2.05, 4.69) is 17.2 Å². The number of amides is 1. The molecule has 21 heavy (non-hydrogen) atoms. The van der Waals surface area contributed by atoms with E-state index in [0.29, 0.717) is 23.6 Å². The lowest BCUT2D eigenvalue weighted by Crippen LogP contribution is -2.43. The zero-order valence-corrected chi connectivity index (χ0v) is 12.4. The SMILES string of the molecule is COC1CN(Cc2cc(C(=O)NN)ccc2F)CCC1C. The van der Waals surface area contributed by atoms with Crippen LogP contribution in [0.3, 0.4) is 0 Å². The number of hydrogen-bond acceptors (Lipinski definition) is 4. The van der Waals surface area contributed by atoms with Crippen LogP contribution >= 0.6 is 0 Å². The van der Waals surface area contributed by atoms with Crippen LogP contribution in [-0.4, -0.2) is 37.1 Å². The number of rotatable bonds is 4. The molecule has 1 amide bonds. The molecule has 1 fully saturated rings. The number of carbonyl (C=O) groups excluding carboxylic acids is 1. The van der Waals surface area contributed by atoms with E-state index in [4.69, 9.17) is 10.6 Å². The Morgan fingerprint density at radius 3 is 3.00 bits per heavy atom. The molecule has 1 aliphatic heterocycles. The predicted molar refractivity (Wildman–Crippen MR) is 77.9 cm³/mol. The highest BCUT2D eigenvalue weighted by atomic mass is 19.1. The highest BCUT2D eigenvalue weighted by Crippen LogP contribution is 2.22. The molecule has 3 N–H and O–H groups in total. The molecule has 1 aromatic carbocycles. The second kappa shape index (κ2) is 6.98. The van der Waals surface area contributed by atoms with Crippen LogP contribution < -0.4 is 11.3 Å². The first-order valence-electron chi connectivity index (χ1n) is 7.09. The van der Waals surface area contributed by atoms with Crippen molar-refractivity contribution in [3.8, 4) is 0 Å². The molecule has 0 aliphatic carbocycles. The monoisotopic (exact) mass is 295 g/mol. The molecule has 6 heteroatoms. The molecule has 116 valence electrons. The summed E-state index contributed by atoms with van der Waals surface area (Å²) in [5.41, 5.74) is 2.92. The maximum atomic E-state index is 13.9. The number of nitrogens with one attached hydrogen (secondary N) is 1. The number of halogens is 1. The number of likely N-dealkylation sites (tertiary alicyclic amines) is 1. The van der Waals surface area contributed by atoms with Gasteiger partial charge in [-0.1, -0.05) is 6.92 Å². The van der Waals surface area contributed by atoms with Crippen LogP contribution in [0.15, 0.2) is 18.2 Å². The number of piperidine rings is 1. The number of hydrazine groups is 1. The summed E-state index contributed by atoms with van der Waals surface area (Å²) < 4.78 is 19.4. The number of benzene rings is 1. The number of ether oxygens (including phenoxy) is 1. The van der Waals surface area contributed by atoms with E-state index in [1.807, 2.05) is 0 Å². The van der Waals surface area contributed by atoms with Crippen LogP contribution in [0.25, 0.3) is 0 Å². The van der Waals surface area contributed by atoms with Crippen molar-refractivity contribution in [3.05, 3.63) is 35.1 Å². The second-order valence-corrected chi connectivity index (χ2v) is 5.55. The highest BCUT2D eigenvalue weighted by molar-refractivity contribution is 5.93. The van der Waals surface area contributed by atoms with Crippen LogP contribution in [0, 0.1) is 11.7 Å². The summed E-state index contributed by atoms with van der Waals surface area (Å²) in [5, 5.41) is 0. The van der Waals surface area contributed by atoms with Gasteiger partial charge in [-0.2, -0.15) is 0 Å². The van der Waals surface area contributed by atoms with Gasteiger partial charge >= 0.3 is 0 Å². The van der Waals surface area contributed by atoms with Crippen LogP contribution in [0.4, 0.5) is 4.39 Å². The van der Waals surface area contributed by atoms with Gasteiger partial charge in [0.1, 0.15) is 5.82 Å². The summed E-state index contributed by atoms with van der Waals surface area (Å²) in [5.74, 6) is 4.89. The maximum absolute atomic E-state index is 13.9. The number of nitrogens with two attached hydrogens (primary N) is 1. The Hall–Kier alpha value is -1.50. The molecule has 0 spiro atoms. The molecular formula is C15H22FN3O2. The van der Waals surface area contributed by atoms with Gasteiger partial charge in [-0.3, -0.25) is 15.1 Å². The van der Waals surface area contributed by atoms with Gasteiger partial charge in [-0.05, 0) is 37.1 Å². The third kappa shape index (κ3) is 3.78. The minimum atomic E-state index is -0.418.